The molecule has 0 atom stereocenters. The summed E-state index contributed by atoms with van der Waals surface area (Å²) in [6.45, 7) is 1.41. The predicted octanol–water partition coefficient (Wildman–Crippen LogP) is 4.69. The minimum atomic E-state index is -5.84. The Morgan fingerprint density at radius 1 is 1.05 bits per heavy atom. The van der Waals surface area contributed by atoms with Gasteiger partial charge in [0.15, 0.2) is 15.7 Å². The number of aromatic nitrogens is 2. The number of benzene rings is 1. The van der Waals surface area contributed by atoms with Gasteiger partial charge in [0.05, 0.1) is 41.3 Å². The molecule has 0 unspecified atom stereocenters. The number of alkyl halides is 5. The van der Waals surface area contributed by atoms with Crippen LogP contribution < -0.4 is 5.48 Å². The monoisotopic (exact) mass is 539 g/mol. The molecule has 14 heteroatoms. The largest absolute Gasteiger partial charge is 0.459 e. The Kier molecular flexibility index (Phi) is 7.89. The van der Waals surface area contributed by atoms with E-state index in [1.54, 1.807) is 24.3 Å². The molecule has 37 heavy (non-hydrogen) atoms. The topological polar surface area (TPSA) is 117 Å². The van der Waals surface area contributed by atoms with E-state index in [9.17, 15) is 30.4 Å². The number of nitrogens with zero attached hydrogens (tertiary/aromatic N) is 4. The molecule has 0 spiro atoms. The highest BCUT2D eigenvalue weighted by atomic mass is 32.2. The summed E-state index contributed by atoms with van der Waals surface area (Å²) < 4.78 is 90.7. The quantitative estimate of drug-likeness (QED) is 0.200. The van der Waals surface area contributed by atoms with Crippen molar-refractivity contribution in [3.8, 4) is 17.2 Å². The van der Waals surface area contributed by atoms with Gasteiger partial charge in [-0.15, -0.1) is 0 Å². The number of hydroxylamine groups is 1. The minimum absolute atomic E-state index is 0.181. The van der Waals surface area contributed by atoms with Crippen molar-refractivity contribution in [1.29, 1.82) is 5.26 Å². The average Bonchev–Trinajstić information content (AvgIpc) is 2.88. The van der Waals surface area contributed by atoms with Crippen LogP contribution in [0.3, 0.4) is 0 Å². The number of hydrogen-bond donors (Lipinski definition) is 1. The molecule has 0 aliphatic heterocycles. The van der Waals surface area contributed by atoms with Gasteiger partial charge in [-0.1, -0.05) is 19.1 Å². The fourth-order valence-corrected chi connectivity index (χ4v) is 4.10. The van der Waals surface area contributed by atoms with Gasteiger partial charge in [0.25, 0.3) is 0 Å². The molecular weight excluding hydrogens is 521 g/mol. The first-order valence-corrected chi connectivity index (χ1v) is 12.0. The van der Waals surface area contributed by atoms with Crippen LogP contribution in [0.4, 0.5) is 27.6 Å². The first-order valence-electron chi connectivity index (χ1n) is 10.4. The van der Waals surface area contributed by atoms with E-state index < -0.39 is 27.6 Å². The molecule has 1 aromatic carbocycles. The van der Waals surface area contributed by atoms with E-state index >= 15 is 0 Å². The molecule has 0 aliphatic carbocycles. The third-order valence-corrected chi connectivity index (χ3v) is 6.75. The van der Waals surface area contributed by atoms with Crippen molar-refractivity contribution in [2.24, 2.45) is 4.99 Å². The number of sulfone groups is 1. The van der Waals surface area contributed by atoms with Gasteiger partial charge in [-0.05, 0) is 35.9 Å². The van der Waals surface area contributed by atoms with Crippen molar-refractivity contribution in [2.45, 2.75) is 23.9 Å². The molecular formula is C23H18F5N5O3S. The Labute approximate surface area is 208 Å². The van der Waals surface area contributed by atoms with Gasteiger partial charge >= 0.3 is 12.1 Å². The van der Waals surface area contributed by atoms with Crippen LogP contribution in [0.1, 0.15) is 23.9 Å². The zero-order valence-corrected chi connectivity index (χ0v) is 20.0. The second-order valence-electron chi connectivity index (χ2n) is 7.40. The molecule has 0 bridgehead atoms. The number of pyridine rings is 2. The van der Waals surface area contributed by atoms with E-state index in [-0.39, 0.29) is 27.9 Å². The number of rotatable bonds is 7. The van der Waals surface area contributed by atoms with Crippen molar-refractivity contribution in [1.82, 2.24) is 15.4 Å². The third kappa shape index (κ3) is 5.89. The van der Waals surface area contributed by atoms with E-state index in [0.29, 0.717) is 29.0 Å². The lowest BCUT2D eigenvalue weighted by atomic mass is 10.1. The van der Waals surface area contributed by atoms with Gasteiger partial charge < -0.3 is 0 Å². The summed E-state index contributed by atoms with van der Waals surface area (Å²) in [5.74, 6) is -5.74. The van der Waals surface area contributed by atoms with Gasteiger partial charge in [-0.2, -0.15) is 27.2 Å². The molecule has 0 radical (unpaired) electrons. The number of nitrogens with one attached hydrogen (secondary N) is 1. The molecule has 2 aromatic heterocycles. The Morgan fingerprint density at radius 2 is 1.73 bits per heavy atom. The fraction of sp³-hybridized carbons (Fsp3) is 0.217. The maximum absolute atomic E-state index is 13.5. The first-order chi connectivity index (χ1) is 17.3. The number of nitriles is 1. The molecule has 194 valence electrons. The number of halogens is 5. The second-order valence-corrected chi connectivity index (χ2v) is 9.65. The van der Waals surface area contributed by atoms with Gasteiger partial charge in [0, 0.05) is 11.8 Å². The first kappa shape index (κ1) is 27.6. The van der Waals surface area contributed by atoms with Crippen molar-refractivity contribution < 1.29 is 35.2 Å². The molecule has 3 aromatic rings. The van der Waals surface area contributed by atoms with E-state index in [1.165, 1.54) is 26.3 Å². The standard InChI is InChI=1S/C23H18F5N5O3S/c1-3-37(34,35)18-10-16(15-6-4-14(11-29)5-7-15)12-31-20(18)21(33-36-2)32-17-8-9-19(30-13-17)22(24,25)23(26,27)28/h4-10,12-13H,3H2,1-2H3,(H,32,33). The van der Waals surface area contributed by atoms with Crippen molar-refractivity contribution >= 4 is 21.4 Å². The molecule has 0 amide bonds. The summed E-state index contributed by atoms with van der Waals surface area (Å²) >= 11 is 0. The van der Waals surface area contributed by atoms with Crippen LogP contribution in [0.25, 0.3) is 11.1 Å². The Bertz CT molecular complexity index is 1450. The molecule has 3 rings (SSSR count). The minimum Gasteiger partial charge on any atom is -0.278 e. The summed E-state index contributed by atoms with van der Waals surface area (Å²) in [6, 6.07) is 11.0. The maximum atomic E-state index is 13.5. The van der Waals surface area contributed by atoms with E-state index in [0.717, 1.165) is 6.07 Å². The molecule has 0 saturated heterocycles. The number of amidine groups is 1. The Morgan fingerprint density at radius 3 is 2.24 bits per heavy atom. The van der Waals surface area contributed by atoms with Crippen LogP contribution in [-0.4, -0.2) is 43.3 Å². The van der Waals surface area contributed by atoms with Crippen LogP contribution in [-0.2, 0) is 20.6 Å². The van der Waals surface area contributed by atoms with E-state index in [4.69, 9.17) is 10.1 Å². The van der Waals surface area contributed by atoms with Crippen LogP contribution in [0, 0.1) is 11.3 Å². The van der Waals surface area contributed by atoms with Crippen LogP contribution in [0.15, 0.2) is 64.7 Å². The second kappa shape index (κ2) is 10.6. The van der Waals surface area contributed by atoms with Crippen LogP contribution in [0.5, 0.6) is 0 Å². The van der Waals surface area contributed by atoms with Crippen molar-refractivity contribution in [3.63, 3.8) is 0 Å². The average molecular weight is 539 g/mol. The lowest BCUT2D eigenvalue weighted by Gasteiger charge is -2.18. The summed E-state index contributed by atoms with van der Waals surface area (Å²) in [5.41, 5.74) is 1.86. The molecule has 0 aliphatic rings. The van der Waals surface area contributed by atoms with Crippen LogP contribution >= 0.6 is 0 Å². The molecule has 2 heterocycles. The van der Waals surface area contributed by atoms with Crippen molar-refractivity contribution in [3.05, 3.63) is 71.8 Å². The van der Waals surface area contributed by atoms with E-state index in [1.807, 2.05) is 6.07 Å². The summed E-state index contributed by atoms with van der Waals surface area (Å²) in [7, 11) is -2.71. The Balaban J connectivity index is 2.11. The summed E-state index contributed by atoms with van der Waals surface area (Å²) in [6.07, 6.45) is -3.81. The lowest BCUT2D eigenvalue weighted by Crippen LogP contribution is -2.34. The smallest absolute Gasteiger partial charge is 0.278 e. The van der Waals surface area contributed by atoms with Gasteiger partial charge in [-0.3, -0.25) is 14.8 Å². The van der Waals surface area contributed by atoms with Crippen LogP contribution in [0.2, 0.25) is 0 Å². The summed E-state index contributed by atoms with van der Waals surface area (Å²) in [4.78, 5) is 16.1. The van der Waals surface area contributed by atoms with E-state index in [2.05, 4.69) is 20.4 Å². The molecule has 0 saturated carbocycles. The number of aliphatic imine (C=N–C) groups is 1. The van der Waals surface area contributed by atoms with Gasteiger partial charge in [0.2, 0.25) is 0 Å². The SMILES string of the molecule is CCS(=O)(=O)c1cc(-c2ccc(C#N)cc2)cnc1C(=Nc1ccc(C(F)(F)C(F)(F)F)nc1)NOC. The normalized spacial score (nSPS) is 12.8. The highest BCUT2D eigenvalue weighted by molar-refractivity contribution is 7.91. The predicted molar refractivity (Wildman–Crippen MR) is 123 cm³/mol. The van der Waals surface area contributed by atoms with Gasteiger partial charge in [-0.25, -0.2) is 18.9 Å². The van der Waals surface area contributed by atoms with Crippen molar-refractivity contribution in [2.75, 3.05) is 12.9 Å². The highest BCUT2D eigenvalue weighted by Crippen LogP contribution is 2.43. The zero-order valence-electron chi connectivity index (χ0n) is 19.2. The lowest BCUT2D eigenvalue weighted by molar-refractivity contribution is -0.290. The van der Waals surface area contributed by atoms with Gasteiger partial charge in [0.1, 0.15) is 11.4 Å². The molecule has 1 N–H and O–H groups in total. The summed E-state index contributed by atoms with van der Waals surface area (Å²) in [5, 5.41) is 8.98. The zero-order chi connectivity index (χ0) is 27.4. The maximum Gasteiger partial charge on any atom is 0.459 e. The molecule has 8 nitrogen and oxygen atoms in total. The highest BCUT2D eigenvalue weighted by Gasteiger charge is 2.59. The number of hydrogen-bond acceptors (Lipinski definition) is 7. The molecule has 0 fully saturated rings. The third-order valence-electron chi connectivity index (χ3n) is 5.00. The Hall–Kier alpha value is -3.96. The fourth-order valence-electron chi connectivity index (χ4n) is 3.04.